The van der Waals surface area contributed by atoms with Gasteiger partial charge in [-0.3, -0.25) is 4.79 Å². The highest BCUT2D eigenvalue weighted by atomic mass is 16.1. The number of rotatable bonds is 3. The third-order valence-corrected chi connectivity index (χ3v) is 4.02. The van der Waals surface area contributed by atoms with Gasteiger partial charge in [0.1, 0.15) is 11.5 Å². The smallest absolute Gasteiger partial charge is 0.270 e. The normalized spacial score (nSPS) is 26.9. The van der Waals surface area contributed by atoms with E-state index in [1.165, 1.54) is 6.42 Å². The molecule has 4 heteroatoms. The zero-order chi connectivity index (χ0) is 13.1. The van der Waals surface area contributed by atoms with Gasteiger partial charge in [-0.05, 0) is 36.8 Å². The van der Waals surface area contributed by atoms with E-state index in [-0.39, 0.29) is 11.9 Å². The maximum atomic E-state index is 12.1. The van der Waals surface area contributed by atoms with E-state index < -0.39 is 0 Å². The van der Waals surface area contributed by atoms with Gasteiger partial charge in [-0.25, -0.2) is 4.98 Å². The van der Waals surface area contributed by atoms with Crippen molar-refractivity contribution in [2.24, 2.45) is 11.8 Å². The molecule has 4 nitrogen and oxygen atoms in total. The Kier molecular flexibility index (Phi) is 3.84. The summed E-state index contributed by atoms with van der Waals surface area (Å²) in [7, 11) is 1.80. The first-order valence-corrected chi connectivity index (χ1v) is 6.57. The van der Waals surface area contributed by atoms with Crippen molar-refractivity contribution in [3.05, 3.63) is 23.9 Å². The van der Waals surface area contributed by atoms with Gasteiger partial charge in [-0.15, -0.1) is 0 Å². The fourth-order valence-corrected chi connectivity index (χ4v) is 2.51. The zero-order valence-electron chi connectivity index (χ0n) is 11.2. The lowest BCUT2D eigenvalue weighted by Crippen LogP contribution is -2.37. The number of amides is 1. The molecule has 3 atom stereocenters. The number of carbonyl (C=O) groups is 1. The van der Waals surface area contributed by atoms with Gasteiger partial charge in [0.25, 0.3) is 5.91 Å². The summed E-state index contributed by atoms with van der Waals surface area (Å²) in [4.78, 5) is 16.4. The largest absolute Gasteiger partial charge is 0.373 e. The molecule has 1 aliphatic rings. The SMILES string of the molecule is CNc1cccc(C(=O)NC2CCC(C)C2C)n1. The fraction of sp³-hybridized carbons (Fsp3) is 0.571. The highest BCUT2D eigenvalue weighted by Crippen LogP contribution is 2.31. The molecule has 3 unspecified atom stereocenters. The molecule has 0 aromatic carbocycles. The van der Waals surface area contributed by atoms with E-state index in [9.17, 15) is 4.79 Å². The number of hydrogen-bond acceptors (Lipinski definition) is 3. The first-order chi connectivity index (χ1) is 8.61. The van der Waals surface area contributed by atoms with Crippen LogP contribution in [0.5, 0.6) is 0 Å². The lowest BCUT2D eigenvalue weighted by molar-refractivity contribution is 0.0922. The van der Waals surface area contributed by atoms with Crippen molar-refractivity contribution in [1.82, 2.24) is 10.3 Å². The van der Waals surface area contributed by atoms with Crippen molar-refractivity contribution in [2.45, 2.75) is 32.7 Å². The van der Waals surface area contributed by atoms with Gasteiger partial charge in [0.05, 0.1) is 0 Å². The molecule has 1 aliphatic carbocycles. The molecule has 1 saturated carbocycles. The van der Waals surface area contributed by atoms with Crippen LogP contribution in [0.4, 0.5) is 5.82 Å². The fourth-order valence-electron chi connectivity index (χ4n) is 2.51. The molecular weight excluding hydrogens is 226 g/mol. The van der Waals surface area contributed by atoms with Crippen LogP contribution in [-0.4, -0.2) is 24.0 Å². The Morgan fingerprint density at radius 3 is 2.72 bits per heavy atom. The quantitative estimate of drug-likeness (QED) is 0.861. The third-order valence-electron chi connectivity index (χ3n) is 4.02. The Bertz CT molecular complexity index is 433. The van der Waals surface area contributed by atoms with Gasteiger partial charge in [-0.1, -0.05) is 19.9 Å². The van der Waals surface area contributed by atoms with Crippen molar-refractivity contribution >= 4 is 11.7 Å². The van der Waals surface area contributed by atoms with Gasteiger partial charge in [0.2, 0.25) is 0 Å². The molecule has 1 heterocycles. The predicted molar refractivity (Wildman–Crippen MR) is 72.6 cm³/mol. The van der Waals surface area contributed by atoms with Gasteiger partial charge < -0.3 is 10.6 Å². The summed E-state index contributed by atoms with van der Waals surface area (Å²) in [5.41, 5.74) is 0.480. The summed E-state index contributed by atoms with van der Waals surface area (Å²) in [5, 5.41) is 6.04. The molecule has 98 valence electrons. The summed E-state index contributed by atoms with van der Waals surface area (Å²) in [6.07, 6.45) is 2.26. The van der Waals surface area contributed by atoms with E-state index >= 15 is 0 Å². The van der Waals surface area contributed by atoms with E-state index in [0.717, 1.165) is 12.2 Å². The van der Waals surface area contributed by atoms with Crippen molar-refractivity contribution in [1.29, 1.82) is 0 Å². The third kappa shape index (κ3) is 2.63. The summed E-state index contributed by atoms with van der Waals surface area (Å²) in [6.45, 7) is 4.46. The molecule has 1 fully saturated rings. The van der Waals surface area contributed by atoms with Crippen LogP contribution >= 0.6 is 0 Å². The average molecular weight is 247 g/mol. The molecule has 1 amide bonds. The lowest BCUT2D eigenvalue weighted by Gasteiger charge is -2.19. The van der Waals surface area contributed by atoms with Gasteiger partial charge in [0.15, 0.2) is 0 Å². The second kappa shape index (κ2) is 5.38. The van der Waals surface area contributed by atoms with Crippen LogP contribution in [0.1, 0.15) is 37.2 Å². The minimum absolute atomic E-state index is 0.0713. The van der Waals surface area contributed by atoms with E-state index in [0.29, 0.717) is 17.5 Å². The summed E-state index contributed by atoms with van der Waals surface area (Å²) >= 11 is 0. The van der Waals surface area contributed by atoms with Gasteiger partial charge >= 0.3 is 0 Å². The Hall–Kier alpha value is -1.58. The Morgan fingerprint density at radius 2 is 2.11 bits per heavy atom. The predicted octanol–water partition coefficient (Wildman–Crippen LogP) is 2.29. The van der Waals surface area contributed by atoms with Gasteiger partial charge in [0, 0.05) is 13.1 Å². The number of anilines is 1. The molecule has 0 spiro atoms. The first-order valence-electron chi connectivity index (χ1n) is 6.57. The number of hydrogen-bond donors (Lipinski definition) is 2. The maximum absolute atomic E-state index is 12.1. The number of carbonyl (C=O) groups excluding carboxylic acids is 1. The molecule has 2 N–H and O–H groups in total. The molecule has 2 rings (SSSR count). The van der Waals surface area contributed by atoms with E-state index in [4.69, 9.17) is 0 Å². The van der Waals surface area contributed by atoms with Crippen LogP contribution in [0.25, 0.3) is 0 Å². The molecule has 1 aromatic heterocycles. The summed E-state index contributed by atoms with van der Waals surface area (Å²) in [5.74, 6) is 1.88. The first kappa shape index (κ1) is 12.9. The van der Waals surface area contributed by atoms with E-state index in [1.807, 2.05) is 12.1 Å². The molecular formula is C14H21N3O. The van der Waals surface area contributed by atoms with Gasteiger partial charge in [-0.2, -0.15) is 0 Å². The maximum Gasteiger partial charge on any atom is 0.270 e. The summed E-state index contributed by atoms with van der Waals surface area (Å²) < 4.78 is 0. The Balaban J connectivity index is 2.03. The number of pyridine rings is 1. The number of nitrogens with zero attached hydrogens (tertiary/aromatic N) is 1. The highest BCUT2D eigenvalue weighted by Gasteiger charge is 2.31. The standard InChI is InChI=1S/C14H21N3O/c1-9-7-8-11(10(9)2)17-14(18)12-5-4-6-13(15-3)16-12/h4-6,9-11H,7-8H2,1-3H3,(H,15,16)(H,17,18). The second-order valence-corrected chi connectivity index (χ2v) is 5.15. The molecule has 18 heavy (non-hydrogen) atoms. The van der Waals surface area contributed by atoms with Crippen LogP contribution in [0.3, 0.4) is 0 Å². The highest BCUT2D eigenvalue weighted by molar-refractivity contribution is 5.92. The topological polar surface area (TPSA) is 54.0 Å². The van der Waals surface area contributed by atoms with Crippen molar-refractivity contribution < 1.29 is 4.79 Å². The average Bonchev–Trinajstić information content (AvgIpc) is 2.71. The zero-order valence-corrected chi connectivity index (χ0v) is 11.2. The molecule has 0 aliphatic heterocycles. The van der Waals surface area contributed by atoms with Crippen LogP contribution in [0, 0.1) is 11.8 Å². The van der Waals surface area contributed by atoms with Crippen LogP contribution in [0.15, 0.2) is 18.2 Å². The lowest BCUT2D eigenvalue weighted by atomic mass is 9.98. The van der Waals surface area contributed by atoms with Crippen molar-refractivity contribution in [2.75, 3.05) is 12.4 Å². The minimum Gasteiger partial charge on any atom is -0.373 e. The van der Waals surface area contributed by atoms with E-state index in [1.54, 1.807) is 13.1 Å². The monoisotopic (exact) mass is 247 g/mol. The van der Waals surface area contributed by atoms with Crippen LogP contribution in [-0.2, 0) is 0 Å². The van der Waals surface area contributed by atoms with Crippen molar-refractivity contribution in [3.63, 3.8) is 0 Å². The molecule has 0 bridgehead atoms. The molecule has 0 saturated heterocycles. The minimum atomic E-state index is -0.0713. The molecule has 0 radical (unpaired) electrons. The summed E-state index contributed by atoms with van der Waals surface area (Å²) in [6, 6.07) is 5.72. The Labute approximate surface area is 108 Å². The molecule has 1 aromatic rings. The number of nitrogens with one attached hydrogen (secondary N) is 2. The Morgan fingerprint density at radius 1 is 1.33 bits per heavy atom. The van der Waals surface area contributed by atoms with Crippen LogP contribution in [0.2, 0.25) is 0 Å². The van der Waals surface area contributed by atoms with Crippen molar-refractivity contribution in [3.8, 4) is 0 Å². The number of aromatic nitrogens is 1. The second-order valence-electron chi connectivity index (χ2n) is 5.15. The van der Waals surface area contributed by atoms with Crippen LogP contribution < -0.4 is 10.6 Å². The van der Waals surface area contributed by atoms with E-state index in [2.05, 4.69) is 29.5 Å².